The normalized spacial score (nSPS) is 18.0. The Hall–Kier alpha value is -2.84. The van der Waals surface area contributed by atoms with Crippen molar-refractivity contribution in [2.75, 3.05) is 44.2 Å². The highest BCUT2D eigenvalue weighted by Gasteiger charge is 2.29. The highest BCUT2D eigenvalue weighted by molar-refractivity contribution is 7.21. The van der Waals surface area contributed by atoms with Gasteiger partial charge in [-0.15, -0.1) is 11.3 Å². The van der Waals surface area contributed by atoms with Gasteiger partial charge in [-0.1, -0.05) is 30.3 Å². The maximum atomic E-state index is 11.8. The second kappa shape index (κ2) is 8.12. The summed E-state index contributed by atoms with van der Waals surface area (Å²) in [5.74, 6) is 0.922. The van der Waals surface area contributed by atoms with E-state index >= 15 is 0 Å². The summed E-state index contributed by atoms with van der Waals surface area (Å²) < 4.78 is 0. The fourth-order valence-corrected chi connectivity index (χ4v) is 5.14. The van der Waals surface area contributed by atoms with Crippen molar-refractivity contribution < 1.29 is 9.59 Å². The first-order valence-corrected chi connectivity index (χ1v) is 11.1. The first-order chi connectivity index (χ1) is 14.7. The van der Waals surface area contributed by atoms with Crippen molar-refractivity contribution in [3.05, 3.63) is 42.7 Å². The van der Waals surface area contributed by atoms with Crippen LogP contribution >= 0.6 is 11.3 Å². The third kappa shape index (κ3) is 3.68. The molecular formula is C22H23N5O2S. The highest BCUT2D eigenvalue weighted by Crippen LogP contribution is 2.36. The number of carbonyl (C=O) groups excluding carboxylic acids is 2. The number of amides is 2. The number of anilines is 1. The van der Waals surface area contributed by atoms with Gasteiger partial charge in [-0.05, 0) is 11.6 Å². The van der Waals surface area contributed by atoms with Crippen LogP contribution in [0.25, 0.3) is 20.7 Å². The molecule has 0 aliphatic carbocycles. The van der Waals surface area contributed by atoms with Crippen LogP contribution < -0.4 is 4.90 Å². The average molecular weight is 422 g/mol. The number of carbonyl (C=O) groups is 2. The number of benzene rings is 1. The van der Waals surface area contributed by atoms with Crippen molar-refractivity contribution in [2.45, 2.75) is 12.8 Å². The Morgan fingerprint density at radius 3 is 2.37 bits per heavy atom. The lowest BCUT2D eigenvalue weighted by atomic mass is 10.2. The van der Waals surface area contributed by atoms with Crippen LogP contribution in [-0.2, 0) is 9.59 Å². The Morgan fingerprint density at radius 2 is 1.63 bits per heavy atom. The second-order valence-corrected chi connectivity index (χ2v) is 8.69. The molecular weight excluding hydrogens is 398 g/mol. The van der Waals surface area contributed by atoms with Crippen molar-refractivity contribution in [3.8, 4) is 10.4 Å². The van der Waals surface area contributed by atoms with E-state index in [9.17, 15) is 9.59 Å². The molecule has 0 radical (unpaired) electrons. The van der Waals surface area contributed by atoms with E-state index in [4.69, 9.17) is 0 Å². The largest absolute Gasteiger partial charge is 0.353 e. The van der Waals surface area contributed by atoms with Gasteiger partial charge in [0.25, 0.3) is 0 Å². The van der Waals surface area contributed by atoms with Gasteiger partial charge in [-0.2, -0.15) is 0 Å². The van der Waals surface area contributed by atoms with E-state index in [1.54, 1.807) is 17.7 Å². The summed E-state index contributed by atoms with van der Waals surface area (Å²) in [7, 11) is 0. The zero-order valence-electron chi connectivity index (χ0n) is 16.7. The number of nitrogens with zero attached hydrogens (tertiary/aromatic N) is 5. The maximum absolute atomic E-state index is 11.8. The molecule has 0 saturated carbocycles. The molecule has 2 aromatic heterocycles. The van der Waals surface area contributed by atoms with Crippen molar-refractivity contribution in [1.29, 1.82) is 0 Å². The van der Waals surface area contributed by atoms with Crippen LogP contribution in [0.5, 0.6) is 0 Å². The van der Waals surface area contributed by atoms with Gasteiger partial charge >= 0.3 is 0 Å². The molecule has 4 heterocycles. The Balaban J connectivity index is 1.26. The lowest BCUT2D eigenvalue weighted by Crippen LogP contribution is -2.49. The monoisotopic (exact) mass is 421 g/mol. The summed E-state index contributed by atoms with van der Waals surface area (Å²) in [6.45, 7) is 4.74. The number of fused-ring (bicyclic) bond motifs is 1. The standard InChI is InChI=1S/C22H23N5O2S/c28-19-6-7-20(29)27(19)13-10-25-8-11-26(12-9-25)21-17-14-18(16-4-2-1-3-5-16)30-22(17)24-15-23-21/h1-5,14-15H,6-13H2. The maximum Gasteiger partial charge on any atom is 0.229 e. The van der Waals surface area contributed by atoms with Crippen LogP contribution in [0.15, 0.2) is 42.7 Å². The van der Waals surface area contributed by atoms with E-state index in [1.165, 1.54) is 15.3 Å². The van der Waals surface area contributed by atoms with Gasteiger partial charge in [0.2, 0.25) is 11.8 Å². The Bertz CT molecular complexity index is 1060. The second-order valence-electron chi connectivity index (χ2n) is 7.66. The summed E-state index contributed by atoms with van der Waals surface area (Å²) in [5, 5.41) is 1.10. The van der Waals surface area contributed by atoms with Crippen molar-refractivity contribution in [3.63, 3.8) is 0 Å². The molecule has 3 aromatic rings. The first-order valence-electron chi connectivity index (χ1n) is 10.3. The molecule has 0 spiro atoms. The lowest BCUT2D eigenvalue weighted by molar-refractivity contribution is -0.138. The van der Waals surface area contributed by atoms with Crippen LogP contribution in [0, 0.1) is 0 Å². The molecule has 154 valence electrons. The summed E-state index contributed by atoms with van der Waals surface area (Å²) >= 11 is 1.69. The fourth-order valence-electron chi connectivity index (χ4n) is 4.14. The molecule has 2 saturated heterocycles. The van der Waals surface area contributed by atoms with E-state index in [-0.39, 0.29) is 11.8 Å². The Morgan fingerprint density at radius 1 is 0.900 bits per heavy atom. The number of aromatic nitrogens is 2. The van der Waals surface area contributed by atoms with E-state index in [0.717, 1.165) is 48.8 Å². The number of thiophene rings is 1. The van der Waals surface area contributed by atoms with Crippen LogP contribution in [-0.4, -0.2) is 70.9 Å². The quantitative estimate of drug-likeness (QED) is 0.590. The third-order valence-corrected chi connectivity index (χ3v) is 6.93. The van der Waals surface area contributed by atoms with E-state index in [0.29, 0.717) is 19.4 Å². The third-order valence-electron chi connectivity index (χ3n) is 5.83. The predicted octanol–water partition coefficient (Wildman–Crippen LogP) is 2.63. The average Bonchev–Trinajstić information content (AvgIpc) is 3.36. The van der Waals surface area contributed by atoms with E-state index < -0.39 is 0 Å². The van der Waals surface area contributed by atoms with E-state index in [2.05, 4.69) is 50.1 Å². The number of imide groups is 1. The van der Waals surface area contributed by atoms with Crippen LogP contribution in [0.2, 0.25) is 0 Å². The minimum atomic E-state index is -0.0336. The number of hydrogen-bond donors (Lipinski definition) is 0. The molecule has 5 rings (SSSR count). The Labute approximate surface area is 178 Å². The topological polar surface area (TPSA) is 69.6 Å². The predicted molar refractivity (Wildman–Crippen MR) is 117 cm³/mol. The molecule has 0 N–H and O–H groups in total. The molecule has 2 fully saturated rings. The van der Waals surface area contributed by atoms with Gasteiger partial charge in [0, 0.05) is 57.0 Å². The molecule has 2 aliphatic heterocycles. The molecule has 1 aromatic carbocycles. The number of rotatable bonds is 5. The molecule has 0 unspecified atom stereocenters. The smallest absolute Gasteiger partial charge is 0.229 e. The van der Waals surface area contributed by atoms with Crippen LogP contribution in [0.1, 0.15) is 12.8 Å². The SMILES string of the molecule is O=C1CCC(=O)N1CCN1CCN(c2ncnc3sc(-c4ccccc4)cc23)CC1. The van der Waals surface area contributed by atoms with Crippen molar-refractivity contribution in [1.82, 2.24) is 19.8 Å². The summed E-state index contributed by atoms with van der Waals surface area (Å²) in [6, 6.07) is 12.6. The zero-order chi connectivity index (χ0) is 20.5. The minimum absolute atomic E-state index is 0.0336. The molecule has 2 amide bonds. The molecule has 7 nitrogen and oxygen atoms in total. The highest BCUT2D eigenvalue weighted by atomic mass is 32.1. The number of hydrogen-bond acceptors (Lipinski definition) is 7. The van der Waals surface area contributed by atoms with Gasteiger partial charge in [-0.25, -0.2) is 9.97 Å². The molecule has 0 atom stereocenters. The minimum Gasteiger partial charge on any atom is -0.353 e. The molecule has 8 heteroatoms. The summed E-state index contributed by atoms with van der Waals surface area (Å²) in [6.07, 6.45) is 2.38. The molecule has 0 bridgehead atoms. The molecule has 2 aliphatic rings. The van der Waals surface area contributed by atoms with Gasteiger partial charge in [0.05, 0.1) is 5.39 Å². The van der Waals surface area contributed by atoms with E-state index in [1.807, 2.05) is 6.07 Å². The lowest BCUT2D eigenvalue weighted by Gasteiger charge is -2.36. The number of piperazine rings is 1. The van der Waals surface area contributed by atoms with Gasteiger partial charge < -0.3 is 4.90 Å². The Kier molecular flexibility index (Phi) is 5.18. The summed E-state index contributed by atoms with van der Waals surface area (Å²) in [5.41, 5.74) is 1.20. The van der Waals surface area contributed by atoms with Gasteiger partial charge in [0.1, 0.15) is 17.0 Å². The summed E-state index contributed by atoms with van der Waals surface area (Å²) in [4.78, 5) is 40.9. The molecule has 30 heavy (non-hydrogen) atoms. The zero-order valence-corrected chi connectivity index (χ0v) is 17.5. The van der Waals surface area contributed by atoms with Crippen molar-refractivity contribution in [2.24, 2.45) is 0 Å². The number of likely N-dealkylation sites (tertiary alicyclic amines) is 1. The first kappa shape index (κ1) is 19.1. The van der Waals surface area contributed by atoms with Gasteiger partial charge in [0.15, 0.2) is 0 Å². The fraction of sp³-hybridized carbons (Fsp3) is 0.364. The van der Waals surface area contributed by atoms with Crippen molar-refractivity contribution >= 4 is 39.2 Å². The van der Waals surface area contributed by atoms with Gasteiger partial charge in [-0.3, -0.25) is 19.4 Å². The van der Waals surface area contributed by atoms with Crippen LogP contribution in [0.3, 0.4) is 0 Å². The van der Waals surface area contributed by atoms with Crippen LogP contribution in [0.4, 0.5) is 5.82 Å².